The molecular weight excluding hydrogens is 416 g/mol. The third-order valence-corrected chi connectivity index (χ3v) is 5.48. The number of amides is 1. The first kappa shape index (κ1) is 22.5. The number of piperazine rings is 1. The van der Waals surface area contributed by atoms with Gasteiger partial charge in [-0.3, -0.25) is 14.6 Å². The lowest BCUT2D eigenvalue weighted by Gasteiger charge is -2.34. The van der Waals surface area contributed by atoms with Gasteiger partial charge in [-0.25, -0.2) is 4.98 Å². The molecule has 1 aromatic carbocycles. The van der Waals surface area contributed by atoms with Crippen molar-refractivity contribution in [2.45, 2.75) is 26.1 Å². The van der Waals surface area contributed by atoms with Gasteiger partial charge >= 0.3 is 0 Å². The number of fused-ring (bicyclic) bond motifs is 1. The summed E-state index contributed by atoms with van der Waals surface area (Å²) in [7, 11) is 0. The largest absolute Gasteiger partial charge is 0.454 e. The molecule has 2 N–H and O–H groups in total. The van der Waals surface area contributed by atoms with Gasteiger partial charge in [-0.2, -0.15) is 0 Å². The van der Waals surface area contributed by atoms with Crippen LogP contribution in [0.3, 0.4) is 0 Å². The second kappa shape index (κ2) is 10.8. The Balaban J connectivity index is 1.20. The van der Waals surface area contributed by atoms with E-state index >= 15 is 0 Å². The summed E-state index contributed by atoms with van der Waals surface area (Å²) in [6.45, 7) is 8.02. The van der Waals surface area contributed by atoms with Crippen LogP contribution in [0.4, 0.5) is 0 Å². The highest BCUT2D eigenvalue weighted by Gasteiger charge is 2.21. The van der Waals surface area contributed by atoms with Crippen molar-refractivity contribution in [3.63, 3.8) is 0 Å². The minimum absolute atomic E-state index is 0.220. The summed E-state index contributed by atoms with van der Waals surface area (Å²) in [6, 6.07) is 5.57. The zero-order chi connectivity index (χ0) is 22.3. The zero-order valence-electron chi connectivity index (χ0n) is 18.3. The Bertz CT molecular complexity index is 896. The number of hydrogen-bond donors (Lipinski definition) is 2. The van der Waals surface area contributed by atoms with Crippen LogP contribution in [0, 0.1) is 0 Å². The molecule has 1 atom stereocenters. The van der Waals surface area contributed by atoms with Crippen LogP contribution in [0.1, 0.15) is 28.9 Å². The molecule has 0 saturated carbocycles. The van der Waals surface area contributed by atoms with Gasteiger partial charge in [0, 0.05) is 45.9 Å². The predicted octanol–water partition coefficient (Wildman–Crippen LogP) is 0.848. The summed E-state index contributed by atoms with van der Waals surface area (Å²) in [5, 5.41) is 12.8. The first-order valence-electron chi connectivity index (χ1n) is 10.9. The number of rotatable bonds is 10. The van der Waals surface area contributed by atoms with Gasteiger partial charge in [0.25, 0.3) is 5.91 Å². The second-order valence-electron chi connectivity index (χ2n) is 7.89. The number of hydrogen-bond acceptors (Lipinski definition) is 9. The molecule has 4 rings (SSSR count). The van der Waals surface area contributed by atoms with Crippen LogP contribution >= 0.6 is 0 Å². The molecule has 0 radical (unpaired) electrons. The fourth-order valence-corrected chi connectivity index (χ4v) is 3.74. The summed E-state index contributed by atoms with van der Waals surface area (Å²) in [5.74, 6) is 1.63. The van der Waals surface area contributed by atoms with Gasteiger partial charge in [0.05, 0.1) is 19.3 Å². The van der Waals surface area contributed by atoms with Crippen molar-refractivity contribution in [2.24, 2.45) is 0 Å². The van der Waals surface area contributed by atoms with E-state index in [1.165, 1.54) is 6.26 Å². The number of carbonyl (C=O) groups excluding carboxylic acids is 1. The van der Waals surface area contributed by atoms with E-state index in [1.807, 2.05) is 25.1 Å². The maximum absolute atomic E-state index is 12.4. The molecule has 32 heavy (non-hydrogen) atoms. The molecular formula is C22H30N4O6. The summed E-state index contributed by atoms with van der Waals surface area (Å²) in [6.07, 6.45) is 0.928. The van der Waals surface area contributed by atoms with Gasteiger partial charge in [-0.05, 0) is 24.6 Å². The predicted molar refractivity (Wildman–Crippen MR) is 114 cm³/mol. The van der Waals surface area contributed by atoms with Crippen molar-refractivity contribution in [1.29, 1.82) is 0 Å². The standard InChI is InChI=1S/C22H30N4O6/c1-2-29-13-17(27)11-25-5-7-26(8-6-25)12-21-24-18(14-30-21)22(28)23-10-16-3-4-19-20(9-16)32-15-31-19/h3-4,9,14,17,27H,2,5-8,10-13,15H2,1H3,(H,23,28). The SMILES string of the molecule is CCOCC(O)CN1CCN(Cc2nc(C(=O)NCc3ccc4c(c3)OCO4)co2)CC1. The zero-order valence-corrected chi connectivity index (χ0v) is 18.3. The maximum atomic E-state index is 12.4. The molecule has 1 aromatic heterocycles. The molecule has 10 nitrogen and oxygen atoms in total. The van der Waals surface area contributed by atoms with Gasteiger partial charge in [-0.15, -0.1) is 0 Å². The van der Waals surface area contributed by atoms with Crippen molar-refractivity contribution >= 4 is 5.91 Å². The summed E-state index contributed by atoms with van der Waals surface area (Å²) < 4.78 is 21.4. The number of oxazole rings is 1. The van der Waals surface area contributed by atoms with Crippen LogP contribution in [0.5, 0.6) is 11.5 Å². The van der Waals surface area contributed by atoms with E-state index in [1.54, 1.807) is 0 Å². The normalized spacial score (nSPS) is 17.4. The molecule has 1 fully saturated rings. The highest BCUT2D eigenvalue weighted by atomic mass is 16.7. The minimum atomic E-state index is -0.466. The van der Waals surface area contributed by atoms with Crippen molar-refractivity contribution < 1.29 is 28.5 Å². The van der Waals surface area contributed by atoms with Gasteiger partial charge in [-0.1, -0.05) is 6.07 Å². The van der Waals surface area contributed by atoms with Crippen LogP contribution in [0.25, 0.3) is 0 Å². The average molecular weight is 447 g/mol. The molecule has 0 spiro atoms. The Hall–Kier alpha value is -2.66. The van der Waals surface area contributed by atoms with E-state index in [4.69, 9.17) is 18.6 Å². The number of aliphatic hydroxyl groups is 1. The summed E-state index contributed by atoms with van der Waals surface area (Å²) in [5.41, 5.74) is 1.17. The topological polar surface area (TPSA) is 110 Å². The summed E-state index contributed by atoms with van der Waals surface area (Å²) >= 11 is 0. The van der Waals surface area contributed by atoms with Crippen LogP contribution < -0.4 is 14.8 Å². The minimum Gasteiger partial charge on any atom is -0.454 e. The van der Waals surface area contributed by atoms with E-state index < -0.39 is 6.10 Å². The molecule has 2 aliphatic rings. The Morgan fingerprint density at radius 3 is 2.81 bits per heavy atom. The van der Waals surface area contributed by atoms with Gasteiger partial charge in [0.1, 0.15) is 6.26 Å². The molecule has 0 aliphatic carbocycles. The number of carbonyl (C=O) groups is 1. The van der Waals surface area contributed by atoms with E-state index in [9.17, 15) is 9.90 Å². The van der Waals surface area contributed by atoms with Crippen LogP contribution in [0.2, 0.25) is 0 Å². The average Bonchev–Trinajstić information content (AvgIpc) is 3.46. The van der Waals surface area contributed by atoms with E-state index in [0.29, 0.717) is 50.2 Å². The lowest BCUT2D eigenvalue weighted by atomic mass is 10.2. The van der Waals surface area contributed by atoms with Crippen LogP contribution in [0.15, 0.2) is 28.9 Å². The maximum Gasteiger partial charge on any atom is 0.273 e. The Labute approximate surface area is 187 Å². The monoisotopic (exact) mass is 446 g/mol. The molecule has 1 unspecified atom stereocenters. The quantitative estimate of drug-likeness (QED) is 0.549. The van der Waals surface area contributed by atoms with Gasteiger partial charge in [0.2, 0.25) is 12.7 Å². The third kappa shape index (κ3) is 5.98. The molecule has 174 valence electrons. The molecule has 10 heteroatoms. The smallest absolute Gasteiger partial charge is 0.273 e. The highest BCUT2D eigenvalue weighted by molar-refractivity contribution is 5.91. The Morgan fingerprint density at radius 1 is 1.22 bits per heavy atom. The Kier molecular flexibility index (Phi) is 7.59. The number of aromatic nitrogens is 1. The van der Waals surface area contributed by atoms with Gasteiger partial charge in [0.15, 0.2) is 17.2 Å². The number of aliphatic hydroxyl groups excluding tert-OH is 1. The highest BCUT2D eigenvalue weighted by Crippen LogP contribution is 2.32. The van der Waals surface area contributed by atoms with Crippen LogP contribution in [-0.4, -0.2) is 84.6 Å². The number of nitrogens with one attached hydrogen (secondary N) is 1. The van der Waals surface area contributed by atoms with Crippen LogP contribution in [-0.2, 0) is 17.8 Å². The van der Waals surface area contributed by atoms with Crippen molar-refractivity contribution in [3.8, 4) is 11.5 Å². The fourth-order valence-electron chi connectivity index (χ4n) is 3.74. The number of nitrogens with zero attached hydrogens (tertiary/aromatic N) is 3. The first-order chi connectivity index (χ1) is 15.6. The number of ether oxygens (including phenoxy) is 3. The Morgan fingerprint density at radius 2 is 2.00 bits per heavy atom. The molecule has 1 amide bonds. The second-order valence-corrected chi connectivity index (χ2v) is 7.89. The first-order valence-corrected chi connectivity index (χ1v) is 10.9. The molecule has 1 saturated heterocycles. The van der Waals surface area contributed by atoms with Crippen molar-refractivity contribution in [2.75, 3.05) is 52.7 Å². The summed E-state index contributed by atoms with van der Waals surface area (Å²) in [4.78, 5) is 21.2. The van der Waals surface area contributed by atoms with E-state index in [0.717, 1.165) is 31.7 Å². The van der Waals surface area contributed by atoms with E-state index in [2.05, 4.69) is 20.1 Å². The van der Waals surface area contributed by atoms with E-state index in [-0.39, 0.29) is 18.4 Å². The van der Waals surface area contributed by atoms with Gasteiger partial charge < -0.3 is 29.1 Å². The number of benzene rings is 1. The molecule has 2 aromatic rings. The van der Waals surface area contributed by atoms with Crippen molar-refractivity contribution in [3.05, 3.63) is 41.6 Å². The molecule has 3 heterocycles. The third-order valence-electron chi connectivity index (χ3n) is 5.48. The van der Waals surface area contributed by atoms with Crippen molar-refractivity contribution in [1.82, 2.24) is 20.1 Å². The number of β-amino-alcohol motifs (C(OH)–C–C–N with tert-alkyl or cyclic N) is 1. The molecule has 0 bridgehead atoms. The molecule has 2 aliphatic heterocycles. The fraction of sp³-hybridized carbons (Fsp3) is 0.545. The lowest BCUT2D eigenvalue weighted by Crippen LogP contribution is -2.48. The lowest BCUT2D eigenvalue weighted by molar-refractivity contribution is 0.00949.